The summed E-state index contributed by atoms with van der Waals surface area (Å²) in [4.78, 5) is 4.13. The van der Waals surface area contributed by atoms with Crippen molar-refractivity contribution in [1.82, 2.24) is 10.3 Å². The highest BCUT2D eigenvalue weighted by molar-refractivity contribution is 6.35. The summed E-state index contributed by atoms with van der Waals surface area (Å²) in [5, 5.41) is 4.40. The van der Waals surface area contributed by atoms with Crippen LogP contribution < -0.4 is 14.8 Å². The first-order chi connectivity index (χ1) is 13.6. The minimum atomic E-state index is 0.442. The van der Waals surface area contributed by atoms with Gasteiger partial charge in [0.1, 0.15) is 19.0 Å². The third kappa shape index (κ3) is 6.13. The number of aryl methyl sites for hydroxylation is 1. The minimum Gasteiger partial charge on any atom is -0.487 e. The number of nitrogens with zero attached hydrogens (tertiary/aromatic N) is 1. The SMILES string of the molecule is Cc1ccc(COc2c(Cl)cc(Cl)cc2CNCCOc2ccccn2)cc1. The van der Waals surface area contributed by atoms with E-state index in [0.717, 1.165) is 11.1 Å². The molecule has 0 aliphatic carbocycles. The van der Waals surface area contributed by atoms with Gasteiger partial charge in [-0.15, -0.1) is 0 Å². The zero-order valence-electron chi connectivity index (χ0n) is 15.6. The number of hydrogen-bond donors (Lipinski definition) is 1. The molecule has 0 aliphatic rings. The van der Waals surface area contributed by atoms with Crippen LogP contribution in [0.1, 0.15) is 16.7 Å². The van der Waals surface area contributed by atoms with Crippen molar-refractivity contribution in [3.05, 3.63) is 87.5 Å². The van der Waals surface area contributed by atoms with Gasteiger partial charge in [0.25, 0.3) is 0 Å². The number of halogens is 2. The van der Waals surface area contributed by atoms with E-state index in [1.807, 2.05) is 36.4 Å². The Labute approximate surface area is 175 Å². The highest BCUT2D eigenvalue weighted by Crippen LogP contribution is 2.33. The van der Waals surface area contributed by atoms with Gasteiger partial charge in [0, 0.05) is 35.9 Å². The fourth-order valence-corrected chi connectivity index (χ4v) is 3.22. The molecule has 0 fully saturated rings. The maximum Gasteiger partial charge on any atom is 0.213 e. The Morgan fingerprint density at radius 3 is 2.57 bits per heavy atom. The normalized spacial score (nSPS) is 10.7. The Hall–Kier alpha value is -2.27. The number of rotatable bonds is 9. The van der Waals surface area contributed by atoms with Crippen LogP contribution in [-0.2, 0) is 13.2 Å². The second-order valence-electron chi connectivity index (χ2n) is 6.34. The molecule has 3 rings (SSSR count). The van der Waals surface area contributed by atoms with E-state index in [0.29, 0.717) is 48.0 Å². The fraction of sp³-hybridized carbons (Fsp3) is 0.227. The first-order valence-corrected chi connectivity index (χ1v) is 9.78. The molecule has 0 unspecified atom stereocenters. The molecule has 0 atom stereocenters. The third-order valence-corrected chi connectivity index (χ3v) is 4.57. The maximum atomic E-state index is 6.38. The third-order valence-electron chi connectivity index (χ3n) is 4.07. The van der Waals surface area contributed by atoms with Crippen molar-refractivity contribution in [2.45, 2.75) is 20.1 Å². The summed E-state index contributed by atoms with van der Waals surface area (Å²) in [5.41, 5.74) is 3.20. The molecule has 146 valence electrons. The van der Waals surface area contributed by atoms with Gasteiger partial charge >= 0.3 is 0 Å². The zero-order chi connectivity index (χ0) is 19.8. The molecule has 4 nitrogen and oxygen atoms in total. The topological polar surface area (TPSA) is 43.4 Å². The Bertz CT molecular complexity index is 887. The number of pyridine rings is 1. The summed E-state index contributed by atoms with van der Waals surface area (Å²) in [7, 11) is 0. The molecule has 1 heterocycles. The van der Waals surface area contributed by atoms with Crippen LogP contribution in [0.4, 0.5) is 0 Å². The van der Waals surface area contributed by atoms with E-state index in [1.54, 1.807) is 12.3 Å². The summed E-state index contributed by atoms with van der Waals surface area (Å²) in [6, 6.07) is 17.4. The molecule has 0 saturated carbocycles. The van der Waals surface area contributed by atoms with E-state index in [2.05, 4.69) is 29.4 Å². The Morgan fingerprint density at radius 2 is 1.82 bits per heavy atom. The summed E-state index contributed by atoms with van der Waals surface area (Å²) < 4.78 is 11.6. The summed E-state index contributed by atoms with van der Waals surface area (Å²) in [5.74, 6) is 1.25. The molecule has 0 bridgehead atoms. The van der Waals surface area contributed by atoms with Crippen molar-refractivity contribution in [2.75, 3.05) is 13.2 Å². The van der Waals surface area contributed by atoms with Crippen molar-refractivity contribution in [1.29, 1.82) is 0 Å². The molecule has 28 heavy (non-hydrogen) atoms. The minimum absolute atomic E-state index is 0.442. The number of ether oxygens (including phenoxy) is 2. The first kappa shape index (κ1) is 20.5. The number of nitrogens with one attached hydrogen (secondary N) is 1. The van der Waals surface area contributed by atoms with E-state index in [9.17, 15) is 0 Å². The van der Waals surface area contributed by atoms with E-state index < -0.39 is 0 Å². The van der Waals surface area contributed by atoms with Crippen LogP contribution in [-0.4, -0.2) is 18.1 Å². The van der Waals surface area contributed by atoms with Gasteiger partial charge in [-0.05, 0) is 30.7 Å². The second-order valence-corrected chi connectivity index (χ2v) is 7.19. The molecule has 6 heteroatoms. The van der Waals surface area contributed by atoms with E-state index >= 15 is 0 Å². The van der Waals surface area contributed by atoms with Crippen LogP contribution in [0.5, 0.6) is 11.6 Å². The fourth-order valence-electron chi connectivity index (χ4n) is 2.63. The highest BCUT2D eigenvalue weighted by atomic mass is 35.5. The largest absolute Gasteiger partial charge is 0.487 e. The molecule has 0 aliphatic heterocycles. The van der Waals surface area contributed by atoms with E-state index in [-0.39, 0.29) is 0 Å². The standard InChI is InChI=1S/C22H22Cl2N2O2/c1-16-5-7-17(8-6-16)15-28-22-18(12-19(23)13-20(22)24)14-25-10-11-27-21-4-2-3-9-26-21/h2-9,12-13,25H,10-11,14-15H2,1H3. The predicted octanol–water partition coefficient (Wildman–Crippen LogP) is 5.44. The lowest BCUT2D eigenvalue weighted by Crippen LogP contribution is -2.21. The van der Waals surface area contributed by atoms with Gasteiger partial charge < -0.3 is 14.8 Å². The van der Waals surface area contributed by atoms with Gasteiger partial charge in [0.2, 0.25) is 5.88 Å². The highest BCUT2D eigenvalue weighted by Gasteiger charge is 2.11. The summed E-state index contributed by atoms with van der Waals surface area (Å²) in [6.45, 7) is 4.22. The maximum absolute atomic E-state index is 6.38. The van der Waals surface area contributed by atoms with Crippen molar-refractivity contribution in [2.24, 2.45) is 0 Å². The Balaban J connectivity index is 1.56. The average Bonchev–Trinajstić information content (AvgIpc) is 2.69. The summed E-state index contributed by atoms with van der Waals surface area (Å²) >= 11 is 12.6. The monoisotopic (exact) mass is 416 g/mol. The number of aromatic nitrogens is 1. The Kier molecular flexibility index (Phi) is 7.54. The van der Waals surface area contributed by atoms with Gasteiger partial charge in [0.05, 0.1) is 5.02 Å². The van der Waals surface area contributed by atoms with Crippen molar-refractivity contribution < 1.29 is 9.47 Å². The molecule has 1 aromatic heterocycles. The van der Waals surface area contributed by atoms with Gasteiger partial charge in [-0.25, -0.2) is 4.98 Å². The molecule has 1 N–H and O–H groups in total. The van der Waals surface area contributed by atoms with Gasteiger partial charge in [-0.3, -0.25) is 0 Å². The molecule has 0 amide bonds. The molecule has 0 radical (unpaired) electrons. The zero-order valence-corrected chi connectivity index (χ0v) is 17.1. The Morgan fingerprint density at radius 1 is 1.00 bits per heavy atom. The van der Waals surface area contributed by atoms with Crippen LogP contribution in [0.2, 0.25) is 10.0 Å². The predicted molar refractivity (Wildman–Crippen MR) is 113 cm³/mol. The van der Waals surface area contributed by atoms with Crippen molar-refractivity contribution in [3.8, 4) is 11.6 Å². The summed E-state index contributed by atoms with van der Waals surface area (Å²) in [6.07, 6.45) is 1.70. The molecule has 0 saturated heterocycles. The van der Waals surface area contributed by atoms with Crippen molar-refractivity contribution in [3.63, 3.8) is 0 Å². The van der Waals surface area contributed by atoms with Gasteiger partial charge in [0.15, 0.2) is 0 Å². The molecule has 3 aromatic rings. The van der Waals surface area contributed by atoms with Crippen LogP contribution >= 0.6 is 23.2 Å². The number of benzene rings is 2. The first-order valence-electron chi connectivity index (χ1n) is 9.02. The average molecular weight is 417 g/mol. The smallest absolute Gasteiger partial charge is 0.213 e. The lowest BCUT2D eigenvalue weighted by molar-refractivity contribution is 0.295. The quantitative estimate of drug-likeness (QED) is 0.471. The second kappa shape index (κ2) is 10.3. The van der Waals surface area contributed by atoms with Crippen molar-refractivity contribution >= 4 is 23.2 Å². The van der Waals surface area contributed by atoms with E-state index in [1.165, 1.54) is 5.56 Å². The lowest BCUT2D eigenvalue weighted by atomic mass is 10.1. The van der Waals surface area contributed by atoms with Crippen LogP contribution in [0, 0.1) is 6.92 Å². The molecular weight excluding hydrogens is 395 g/mol. The van der Waals surface area contributed by atoms with Crippen LogP contribution in [0.25, 0.3) is 0 Å². The molecular formula is C22H22Cl2N2O2. The lowest BCUT2D eigenvalue weighted by Gasteiger charge is -2.15. The van der Waals surface area contributed by atoms with Crippen LogP contribution in [0.15, 0.2) is 60.8 Å². The molecule has 0 spiro atoms. The molecule has 2 aromatic carbocycles. The van der Waals surface area contributed by atoms with E-state index in [4.69, 9.17) is 32.7 Å². The van der Waals surface area contributed by atoms with Crippen LogP contribution in [0.3, 0.4) is 0 Å². The van der Waals surface area contributed by atoms with Gasteiger partial charge in [-0.2, -0.15) is 0 Å². The van der Waals surface area contributed by atoms with Gasteiger partial charge in [-0.1, -0.05) is 59.1 Å². The number of hydrogen-bond acceptors (Lipinski definition) is 4.